The van der Waals surface area contributed by atoms with Gasteiger partial charge < -0.3 is 5.32 Å². The Morgan fingerprint density at radius 2 is 2.05 bits per heavy atom. The second kappa shape index (κ2) is 5.45. The van der Waals surface area contributed by atoms with Crippen molar-refractivity contribution in [2.45, 2.75) is 25.7 Å². The fourth-order valence-electron chi connectivity index (χ4n) is 2.79. The highest BCUT2D eigenvalue weighted by molar-refractivity contribution is 5.82. The predicted octanol–water partition coefficient (Wildman–Crippen LogP) is 3.75. The molecule has 0 unspecified atom stereocenters. The fraction of sp³-hybridized carbons (Fsp3) is 0.400. The summed E-state index contributed by atoms with van der Waals surface area (Å²) in [6, 6.07) is 8.53. The van der Waals surface area contributed by atoms with Gasteiger partial charge in [-0.3, -0.25) is 10.1 Å². The minimum atomic E-state index is -0.383. The van der Waals surface area contributed by atoms with Crippen LogP contribution in [0, 0.1) is 16.0 Å². The summed E-state index contributed by atoms with van der Waals surface area (Å²) in [4.78, 5) is 14.9. The number of fused-ring (bicyclic) bond motifs is 1. The van der Waals surface area contributed by atoms with Crippen LogP contribution in [-0.4, -0.2) is 16.5 Å². The molecule has 20 heavy (non-hydrogen) atoms. The zero-order chi connectivity index (χ0) is 13.9. The van der Waals surface area contributed by atoms with E-state index in [0.717, 1.165) is 29.2 Å². The highest BCUT2D eigenvalue weighted by Gasteiger charge is 2.14. The van der Waals surface area contributed by atoms with Crippen molar-refractivity contribution in [3.63, 3.8) is 0 Å². The molecule has 0 radical (unpaired) electrons. The van der Waals surface area contributed by atoms with Crippen molar-refractivity contribution in [1.29, 1.82) is 0 Å². The highest BCUT2D eigenvalue weighted by atomic mass is 16.6. The van der Waals surface area contributed by atoms with E-state index in [4.69, 9.17) is 0 Å². The third kappa shape index (κ3) is 2.71. The lowest BCUT2D eigenvalue weighted by molar-refractivity contribution is -0.384. The molecule has 5 heteroatoms. The first-order chi connectivity index (χ1) is 9.72. The molecule has 104 valence electrons. The molecule has 1 heterocycles. The molecule has 2 aromatic rings. The lowest BCUT2D eigenvalue weighted by Crippen LogP contribution is -2.11. The lowest BCUT2D eigenvalue weighted by Gasteiger charge is -2.11. The van der Waals surface area contributed by atoms with Crippen molar-refractivity contribution in [2.75, 3.05) is 11.9 Å². The highest BCUT2D eigenvalue weighted by Crippen LogP contribution is 2.25. The van der Waals surface area contributed by atoms with E-state index >= 15 is 0 Å². The largest absolute Gasteiger partial charge is 0.370 e. The molecule has 1 N–H and O–H groups in total. The van der Waals surface area contributed by atoms with Crippen LogP contribution in [0.15, 0.2) is 30.3 Å². The zero-order valence-corrected chi connectivity index (χ0v) is 11.2. The molecule has 0 bridgehead atoms. The molecule has 3 rings (SSSR count). The zero-order valence-electron chi connectivity index (χ0n) is 11.2. The van der Waals surface area contributed by atoms with E-state index < -0.39 is 0 Å². The van der Waals surface area contributed by atoms with Gasteiger partial charge in [0.25, 0.3) is 5.69 Å². The Labute approximate surface area is 117 Å². The van der Waals surface area contributed by atoms with Crippen LogP contribution >= 0.6 is 0 Å². The van der Waals surface area contributed by atoms with E-state index in [1.807, 2.05) is 12.1 Å². The predicted molar refractivity (Wildman–Crippen MR) is 78.8 cm³/mol. The summed E-state index contributed by atoms with van der Waals surface area (Å²) in [6.07, 6.45) is 5.27. The minimum absolute atomic E-state index is 0.103. The van der Waals surface area contributed by atoms with Crippen LogP contribution in [0.4, 0.5) is 11.5 Å². The molecule has 0 amide bonds. The molecule has 1 aliphatic rings. The van der Waals surface area contributed by atoms with Gasteiger partial charge in [-0.25, -0.2) is 4.98 Å². The number of nitrogens with zero attached hydrogens (tertiary/aromatic N) is 2. The number of aromatic nitrogens is 1. The van der Waals surface area contributed by atoms with Crippen LogP contribution in [0.1, 0.15) is 25.7 Å². The van der Waals surface area contributed by atoms with Crippen LogP contribution in [0.25, 0.3) is 10.9 Å². The first-order valence-corrected chi connectivity index (χ1v) is 7.01. The summed E-state index contributed by atoms with van der Waals surface area (Å²) in [6.45, 7) is 0.964. The number of hydrogen-bond acceptors (Lipinski definition) is 4. The molecule has 5 nitrogen and oxygen atoms in total. The average Bonchev–Trinajstić information content (AvgIpc) is 2.97. The van der Waals surface area contributed by atoms with E-state index in [-0.39, 0.29) is 10.6 Å². The summed E-state index contributed by atoms with van der Waals surface area (Å²) in [5.74, 6) is 1.60. The molecule has 1 saturated carbocycles. The van der Waals surface area contributed by atoms with Gasteiger partial charge in [-0.15, -0.1) is 0 Å². The Bertz CT molecular complexity index is 636. The molecule has 0 aliphatic heterocycles. The molecule has 1 aromatic carbocycles. The minimum Gasteiger partial charge on any atom is -0.370 e. The normalized spacial score (nSPS) is 15.6. The number of benzene rings is 1. The van der Waals surface area contributed by atoms with Gasteiger partial charge in [-0.05, 0) is 37.0 Å². The smallest absolute Gasteiger partial charge is 0.270 e. The number of non-ortho nitro benzene ring substituents is 1. The Hall–Kier alpha value is -2.17. The topological polar surface area (TPSA) is 68.1 Å². The van der Waals surface area contributed by atoms with Gasteiger partial charge in [-0.2, -0.15) is 0 Å². The summed E-state index contributed by atoms with van der Waals surface area (Å²) in [7, 11) is 0. The third-order valence-electron chi connectivity index (χ3n) is 3.93. The SMILES string of the molecule is O=[N+]([O-])c1ccc2nc(NCC3CCCC3)ccc2c1. The van der Waals surface area contributed by atoms with Crippen LogP contribution < -0.4 is 5.32 Å². The van der Waals surface area contributed by atoms with E-state index in [1.54, 1.807) is 12.1 Å². The molecule has 0 saturated heterocycles. The van der Waals surface area contributed by atoms with Crippen molar-refractivity contribution in [3.8, 4) is 0 Å². The molecular formula is C15H17N3O2. The van der Waals surface area contributed by atoms with E-state index in [0.29, 0.717) is 0 Å². The number of rotatable bonds is 4. The maximum atomic E-state index is 10.7. The Morgan fingerprint density at radius 1 is 1.25 bits per heavy atom. The first-order valence-electron chi connectivity index (χ1n) is 7.01. The molecule has 0 spiro atoms. The van der Waals surface area contributed by atoms with Crippen LogP contribution in [0.5, 0.6) is 0 Å². The quantitative estimate of drug-likeness (QED) is 0.679. The molecule has 1 fully saturated rings. The summed E-state index contributed by atoms with van der Waals surface area (Å²) in [5, 5.41) is 14.9. The van der Waals surface area contributed by atoms with E-state index in [2.05, 4.69) is 10.3 Å². The summed E-state index contributed by atoms with van der Waals surface area (Å²) < 4.78 is 0. The van der Waals surface area contributed by atoms with Crippen molar-refractivity contribution in [3.05, 3.63) is 40.4 Å². The maximum absolute atomic E-state index is 10.7. The Morgan fingerprint density at radius 3 is 2.80 bits per heavy atom. The summed E-state index contributed by atoms with van der Waals surface area (Å²) >= 11 is 0. The van der Waals surface area contributed by atoms with Crippen LogP contribution in [0.2, 0.25) is 0 Å². The first kappa shape index (κ1) is 12.8. The van der Waals surface area contributed by atoms with Crippen molar-refractivity contribution in [1.82, 2.24) is 4.98 Å². The number of pyridine rings is 1. The number of nitrogens with one attached hydrogen (secondary N) is 1. The van der Waals surface area contributed by atoms with Crippen LogP contribution in [0.3, 0.4) is 0 Å². The second-order valence-electron chi connectivity index (χ2n) is 5.36. The van der Waals surface area contributed by atoms with Crippen molar-refractivity contribution < 1.29 is 4.92 Å². The van der Waals surface area contributed by atoms with Gasteiger partial charge in [0, 0.05) is 24.1 Å². The summed E-state index contributed by atoms with van der Waals surface area (Å²) in [5.41, 5.74) is 0.887. The van der Waals surface area contributed by atoms with Gasteiger partial charge in [0.15, 0.2) is 0 Å². The molecule has 1 aromatic heterocycles. The van der Waals surface area contributed by atoms with Gasteiger partial charge in [0.1, 0.15) is 5.82 Å². The van der Waals surface area contributed by atoms with Crippen molar-refractivity contribution in [2.24, 2.45) is 5.92 Å². The molecule has 1 aliphatic carbocycles. The van der Waals surface area contributed by atoms with E-state index in [9.17, 15) is 10.1 Å². The fourth-order valence-corrected chi connectivity index (χ4v) is 2.79. The number of nitro benzene ring substituents is 1. The Balaban J connectivity index is 1.76. The van der Waals surface area contributed by atoms with Gasteiger partial charge in [0.05, 0.1) is 10.4 Å². The average molecular weight is 271 g/mol. The monoisotopic (exact) mass is 271 g/mol. The van der Waals surface area contributed by atoms with Gasteiger partial charge >= 0.3 is 0 Å². The van der Waals surface area contributed by atoms with Gasteiger partial charge in [0.2, 0.25) is 0 Å². The number of hydrogen-bond donors (Lipinski definition) is 1. The van der Waals surface area contributed by atoms with E-state index in [1.165, 1.54) is 31.7 Å². The standard InChI is InChI=1S/C15H17N3O2/c19-18(20)13-6-7-14-12(9-13)5-8-15(17-14)16-10-11-3-1-2-4-11/h5-9,11H,1-4,10H2,(H,16,17). The third-order valence-corrected chi connectivity index (χ3v) is 3.93. The Kier molecular flexibility index (Phi) is 3.50. The number of nitro groups is 1. The second-order valence-corrected chi connectivity index (χ2v) is 5.36. The van der Waals surface area contributed by atoms with Gasteiger partial charge in [-0.1, -0.05) is 12.8 Å². The molecular weight excluding hydrogens is 254 g/mol. The maximum Gasteiger partial charge on any atom is 0.270 e. The number of anilines is 1. The molecule has 0 atom stereocenters. The van der Waals surface area contributed by atoms with Crippen molar-refractivity contribution >= 4 is 22.4 Å². The van der Waals surface area contributed by atoms with Crippen LogP contribution in [-0.2, 0) is 0 Å². The lowest BCUT2D eigenvalue weighted by atomic mass is 10.1.